The van der Waals surface area contributed by atoms with Gasteiger partial charge < -0.3 is 37.5 Å². The van der Waals surface area contributed by atoms with Crippen molar-refractivity contribution in [2.24, 2.45) is 20.7 Å². The number of urea groups is 2. The van der Waals surface area contributed by atoms with Gasteiger partial charge >= 0.3 is 12.1 Å². The van der Waals surface area contributed by atoms with Crippen molar-refractivity contribution in [2.75, 3.05) is 176 Å². The number of carbonyl (C=O) groups is 4. The Morgan fingerprint density at radius 2 is 0.898 bits per heavy atom. The Balaban J connectivity index is 1.07. The van der Waals surface area contributed by atoms with E-state index in [-0.39, 0.29) is 43.0 Å². The lowest BCUT2D eigenvalue weighted by Crippen LogP contribution is -2.53. The Kier molecular flexibility index (Phi) is 22.0. The number of aromatic nitrogens is 12. The molecule has 2 unspecified atom stereocenters. The van der Waals surface area contributed by atoms with Crippen molar-refractivity contribution in [3.63, 3.8) is 0 Å². The van der Waals surface area contributed by atoms with Gasteiger partial charge in [0.25, 0.3) is 11.8 Å². The molecule has 3 aliphatic rings. The number of quaternary nitrogens is 6. The number of carbonyl (C=O) groups excluding carboxylic acids is 4. The van der Waals surface area contributed by atoms with Crippen molar-refractivity contribution in [1.82, 2.24) is 90.8 Å². The lowest BCUT2D eigenvalue weighted by atomic mass is 10.1. The van der Waals surface area contributed by atoms with E-state index < -0.39 is 11.1 Å². The molecule has 3 aliphatic heterocycles. The van der Waals surface area contributed by atoms with Gasteiger partial charge in [0.2, 0.25) is 0 Å². The fourth-order valence-corrected chi connectivity index (χ4v) is 11.1. The first-order valence-corrected chi connectivity index (χ1v) is 31.1. The molecule has 4 aromatic heterocycles. The monoisotopic (exact) mass is 1230 g/mol. The van der Waals surface area contributed by atoms with Crippen LogP contribution in [0.1, 0.15) is 69.7 Å². The van der Waals surface area contributed by atoms with E-state index in [1.54, 1.807) is 27.7 Å². The highest BCUT2D eigenvalue weighted by Gasteiger charge is 2.46. The van der Waals surface area contributed by atoms with E-state index in [0.717, 1.165) is 66.9 Å². The molecule has 4 aromatic rings. The minimum absolute atomic E-state index is 0.192. The molecule has 0 radical (unpaired) electrons. The molecule has 32 nitrogen and oxygen atoms in total. The van der Waals surface area contributed by atoms with Crippen LogP contribution in [0.3, 0.4) is 0 Å². The van der Waals surface area contributed by atoms with Gasteiger partial charge in [0.15, 0.2) is 0 Å². The molecule has 0 spiro atoms. The van der Waals surface area contributed by atoms with Crippen LogP contribution in [-0.4, -0.2) is 319 Å². The molecular weight excluding hydrogens is 1130 g/mol. The molecule has 3 N–H and O–H groups in total. The van der Waals surface area contributed by atoms with Gasteiger partial charge in [-0.1, -0.05) is 31.3 Å². The third kappa shape index (κ3) is 21.1. The first kappa shape index (κ1) is 68.5. The van der Waals surface area contributed by atoms with Crippen LogP contribution in [0.25, 0.3) is 0 Å². The minimum Gasteiger partial charge on any atom is -0.329 e. The third-order valence-electron chi connectivity index (χ3n) is 16.1. The zero-order valence-electron chi connectivity index (χ0n) is 55.9. The van der Waals surface area contributed by atoms with Crippen molar-refractivity contribution in [2.45, 2.75) is 116 Å². The summed E-state index contributed by atoms with van der Waals surface area (Å²) in [6.45, 7) is 20.2. The predicted octanol–water partition coefficient (Wildman–Crippen LogP) is 0.451. The lowest BCUT2D eigenvalue weighted by molar-refractivity contribution is -0.954. The number of rotatable bonds is 38. The van der Waals surface area contributed by atoms with Gasteiger partial charge in [-0.3, -0.25) is 34.5 Å². The normalized spacial score (nSPS) is 18.2. The zero-order chi connectivity index (χ0) is 64.4. The highest BCUT2D eigenvalue weighted by molar-refractivity contribution is 6.07. The second-order valence-corrected chi connectivity index (χ2v) is 29.8. The Labute approximate surface area is 520 Å². The van der Waals surface area contributed by atoms with Crippen LogP contribution in [-0.2, 0) is 61.9 Å². The van der Waals surface area contributed by atoms with Crippen LogP contribution in [0.5, 0.6) is 0 Å². The van der Waals surface area contributed by atoms with Crippen molar-refractivity contribution in [1.29, 1.82) is 0 Å². The number of aryl methyl sites for hydroxylation is 1. The van der Waals surface area contributed by atoms with Gasteiger partial charge in [-0.25, -0.2) is 23.6 Å². The SMILES string of the molecule is CC1(C)NC(=O)N(CCC[N+](CCN=NNCC[N+](C)(C)C)(Cc2cn(CCCN3CC(C[N+](CCCN4C(=O)NC(C)(C)C4=O)(Cc4cn(CC[N+](C)(C)C)nn4)Cc4cn(CC[N+](C)(C)C)nn4)N=N3)nn2)Cc2cn(CC[N+](C)(C)C)nn2)C1=O. The summed E-state index contributed by atoms with van der Waals surface area (Å²) in [5.74, 6) is -0.490. The van der Waals surface area contributed by atoms with Crippen molar-refractivity contribution < 1.29 is 46.1 Å². The maximum absolute atomic E-state index is 13.4. The van der Waals surface area contributed by atoms with Crippen LogP contribution >= 0.6 is 0 Å². The van der Waals surface area contributed by atoms with E-state index in [1.807, 2.05) is 48.5 Å². The average Bonchev–Trinajstić information content (AvgIpc) is 2.31. The van der Waals surface area contributed by atoms with E-state index in [9.17, 15) is 19.2 Å². The topological polar surface area (TPSA) is 286 Å². The highest BCUT2D eigenvalue weighted by atomic mass is 16.2. The number of imide groups is 2. The Hall–Kier alpha value is -7.00. The Morgan fingerprint density at radius 1 is 0.500 bits per heavy atom. The minimum atomic E-state index is -0.975. The molecule has 6 amide bonds. The summed E-state index contributed by atoms with van der Waals surface area (Å²) < 4.78 is 11.6. The number of hydrogen-bond donors (Lipinski definition) is 3. The molecule has 0 aromatic carbocycles. The number of nitrogens with zero attached hydrogens (tertiary/aromatic N) is 25. The standard InChI is InChI=1S/C56H104N28O4/c1-55(2)51(85)77(53(87)59-55)24-18-29-83(32-21-58-66-57-20-31-79(5,6)7,42-47-38-74(69-62-47)26-33-80(8,9)10)41-46-36-72(67-61-46)22-17-23-73-37-48(63-68-73)43-84(30-19-25-78-52(86)56(3,4)60-54(78)88,44-49-39-75(70-64-49)27-34-81(11,12)13)45-50-40-76(71-65-50)28-35-82(14,15)16/h36,38-40,48H,17-35,37,41-45H2,1-16H3,(H-2,57,58,59,60,87,88)/q+4/p+2. The van der Waals surface area contributed by atoms with Crippen LogP contribution in [0.15, 0.2) is 45.5 Å². The number of amides is 6. The molecule has 88 heavy (non-hydrogen) atoms. The summed E-state index contributed by atoms with van der Waals surface area (Å²) in [4.78, 5) is 55.5. The first-order valence-electron chi connectivity index (χ1n) is 31.1. The molecule has 2 atom stereocenters. The van der Waals surface area contributed by atoms with Gasteiger partial charge in [-0.2, -0.15) is 10.2 Å². The van der Waals surface area contributed by atoms with Crippen molar-refractivity contribution >= 4 is 23.9 Å². The Bertz CT molecular complexity index is 2940. The predicted molar refractivity (Wildman–Crippen MR) is 327 cm³/mol. The summed E-state index contributed by atoms with van der Waals surface area (Å²) in [6.07, 6.45) is 9.83. The van der Waals surface area contributed by atoms with Gasteiger partial charge in [-0.05, 0) is 34.1 Å². The molecule has 7 heterocycles. The van der Waals surface area contributed by atoms with E-state index in [0.29, 0.717) is 133 Å². The fraction of sp³-hybridized carbons (Fsp3) is 0.786. The highest BCUT2D eigenvalue weighted by Crippen LogP contribution is 2.27. The summed E-state index contributed by atoms with van der Waals surface area (Å²) in [6, 6.07) is -0.965. The van der Waals surface area contributed by atoms with Crippen LogP contribution in [0, 0.1) is 0 Å². The maximum atomic E-state index is 13.4. The Morgan fingerprint density at radius 3 is 1.30 bits per heavy atom. The quantitative estimate of drug-likeness (QED) is 0.0181. The smallest absolute Gasteiger partial charge is 0.325 e. The maximum Gasteiger partial charge on any atom is 0.325 e. The number of nitrogens with one attached hydrogen (secondary N) is 3. The third-order valence-corrected chi connectivity index (χ3v) is 16.1. The summed E-state index contributed by atoms with van der Waals surface area (Å²) in [5.41, 5.74) is 4.40. The zero-order valence-corrected chi connectivity index (χ0v) is 55.9. The van der Waals surface area contributed by atoms with Crippen molar-refractivity contribution in [3.05, 3.63) is 47.6 Å². The molecule has 0 aliphatic carbocycles. The molecule has 32 heteroatoms. The fourth-order valence-electron chi connectivity index (χ4n) is 11.1. The molecule has 488 valence electrons. The van der Waals surface area contributed by atoms with E-state index in [4.69, 9.17) is 25.6 Å². The van der Waals surface area contributed by atoms with Gasteiger partial charge in [-0.15, -0.1) is 20.4 Å². The van der Waals surface area contributed by atoms with Gasteiger partial charge in [0.1, 0.15) is 85.7 Å². The van der Waals surface area contributed by atoms with Crippen LogP contribution < -0.4 is 16.1 Å². The first-order chi connectivity index (χ1) is 41.1. The van der Waals surface area contributed by atoms with E-state index in [1.165, 1.54) is 9.80 Å². The molecule has 2 saturated heterocycles. The van der Waals surface area contributed by atoms with E-state index >= 15 is 0 Å². The van der Waals surface area contributed by atoms with Gasteiger partial charge in [0, 0.05) is 39.0 Å². The second kappa shape index (κ2) is 28.2. The molecule has 0 bridgehead atoms. The van der Waals surface area contributed by atoms with Crippen LogP contribution in [0.4, 0.5) is 9.59 Å². The largest absolute Gasteiger partial charge is 0.329 e. The van der Waals surface area contributed by atoms with Crippen molar-refractivity contribution in [3.8, 4) is 0 Å². The summed E-state index contributed by atoms with van der Waals surface area (Å²) in [5, 5.41) is 63.3. The van der Waals surface area contributed by atoms with Gasteiger partial charge in [0.05, 0.1) is 181 Å². The second-order valence-electron chi connectivity index (χ2n) is 29.8. The van der Waals surface area contributed by atoms with Crippen LogP contribution in [0.2, 0.25) is 0 Å². The molecule has 0 saturated carbocycles. The lowest BCUT2D eigenvalue weighted by Gasteiger charge is -2.39. The number of likely N-dealkylation sites (N-methyl/N-ethyl adjacent to an activating group) is 4. The molecule has 7 rings (SSSR count). The van der Waals surface area contributed by atoms with E-state index in [2.05, 4.69) is 137 Å². The summed E-state index contributed by atoms with van der Waals surface area (Å²) >= 11 is 0. The molecular formula is C56H106N28O4+6. The summed E-state index contributed by atoms with van der Waals surface area (Å²) in [7, 11) is 25.8. The molecule has 2 fully saturated rings. The number of hydrogen-bond acceptors (Lipinski definition) is 17. The average molecular weight is 1240 g/mol.